The smallest absolute Gasteiger partial charge is 0.410 e. The van der Waals surface area contributed by atoms with E-state index in [0.29, 0.717) is 19.6 Å². The summed E-state index contributed by atoms with van der Waals surface area (Å²) >= 11 is 0. The van der Waals surface area contributed by atoms with Crippen LogP contribution in [-0.2, 0) is 20.7 Å². The maximum Gasteiger partial charge on any atom is 0.410 e. The molecular weight excluding hydrogens is 382 g/mol. The number of nitrogens with zero attached hydrogens (tertiary/aromatic N) is 2. The molecule has 7 nitrogen and oxygen atoms in total. The van der Waals surface area contributed by atoms with Crippen molar-refractivity contribution in [1.29, 1.82) is 0 Å². The Morgan fingerprint density at radius 1 is 1.10 bits per heavy atom. The molecule has 1 N–H and O–H groups in total. The van der Waals surface area contributed by atoms with Crippen LogP contribution in [-0.4, -0.2) is 66.0 Å². The minimum Gasteiger partial charge on any atom is -0.444 e. The fourth-order valence-electron chi connectivity index (χ4n) is 4.24. The van der Waals surface area contributed by atoms with Crippen LogP contribution in [0, 0.1) is 0 Å². The van der Waals surface area contributed by atoms with Gasteiger partial charge in [0.1, 0.15) is 6.10 Å². The van der Waals surface area contributed by atoms with Gasteiger partial charge in [0, 0.05) is 19.1 Å². The zero-order chi connectivity index (χ0) is 21.1. The van der Waals surface area contributed by atoms with Crippen LogP contribution >= 0.6 is 0 Å². The number of cyclic esters (lactones) is 1. The molecule has 158 valence electrons. The van der Waals surface area contributed by atoms with Gasteiger partial charge in [-0.3, -0.25) is 9.59 Å². The van der Waals surface area contributed by atoms with Gasteiger partial charge in [0.15, 0.2) is 0 Å². The molecule has 0 saturated carbocycles. The molecule has 4 rings (SSSR count). The van der Waals surface area contributed by atoms with E-state index in [2.05, 4.69) is 5.32 Å². The average Bonchev–Trinajstić information content (AvgIpc) is 3.10. The minimum atomic E-state index is -0.256. The van der Waals surface area contributed by atoms with E-state index in [1.807, 2.05) is 49.4 Å². The summed E-state index contributed by atoms with van der Waals surface area (Å²) in [5.41, 5.74) is 0.922. The van der Waals surface area contributed by atoms with Crippen LogP contribution in [0.3, 0.4) is 0 Å². The Bertz CT molecular complexity index is 952. The molecule has 2 aromatic carbocycles. The molecule has 2 aromatic rings. The van der Waals surface area contributed by atoms with Crippen molar-refractivity contribution in [2.45, 2.75) is 38.3 Å². The molecule has 0 spiro atoms. The van der Waals surface area contributed by atoms with Crippen molar-refractivity contribution in [1.82, 2.24) is 15.1 Å². The normalized spacial score (nSPS) is 19.8. The summed E-state index contributed by atoms with van der Waals surface area (Å²) in [5, 5.41) is 4.97. The number of benzene rings is 2. The van der Waals surface area contributed by atoms with Gasteiger partial charge in [-0.25, -0.2) is 4.79 Å². The highest BCUT2D eigenvalue weighted by atomic mass is 16.6. The van der Waals surface area contributed by atoms with Crippen molar-refractivity contribution in [2.75, 3.05) is 26.2 Å². The molecule has 0 aliphatic carbocycles. The fourth-order valence-corrected chi connectivity index (χ4v) is 4.24. The van der Waals surface area contributed by atoms with E-state index in [4.69, 9.17) is 4.74 Å². The van der Waals surface area contributed by atoms with Gasteiger partial charge in [-0.15, -0.1) is 0 Å². The third kappa shape index (κ3) is 4.56. The average molecular weight is 409 g/mol. The van der Waals surface area contributed by atoms with Crippen molar-refractivity contribution in [3.63, 3.8) is 0 Å². The van der Waals surface area contributed by atoms with Crippen LogP contribution < -0.4 is 5.32 Å². The lowest BCUT2D eigenvalue weighted by Crippen LogP contribution is -2.49. The number of carbonyl (C=O) groups excluding carboxylic acids is 3. The van der Waals surface area contributed by atoms with E-state index in [1.165, 1.54) is 0 Å². The van der Waals surface area contributed by atoms with E-state index in [0.717, 1.165) is 29.2 Å². The quantitative estimate of drug-likeness (QED) is 0.822. The molecule has 2 aliphatic heterocycles. The van der Waals surface area contributed by atoms with Crippen LogP contribution in [0.15, 0.2) is 42.5 Å². The molecule has 0 bridgehead atoms. The highest BCUT2D eigenvalue weighted by Gasteiger charge is 2.36. The summed E-state index contributed by atoms with van der Waals surface area (Å²) in [6, 6.07) is 14.1. The lowest BCUT2D eigenvalue weighted by Gasteiger charge is -2.35. The Labute approximate surface area is 176 Å². The molecule has 0 aromatic heterocycles. The zero-order valence-electron chi connectivity index (χ0n) is 17.2. The number of hydrogen-bond acceptors (Lipinski definition) is 4. The van der Waals surface area contributed by atoms with Gasteiger partial charge in [-0.1, -0.05) is 42.5 Å². The zero-order valence-corrected chi connectivity index (χ0v) is 17.2. The predicted molar refractivity (Wildman–Crippen MR) is 113 cm³/mol. The predicted octanol–water partition coefficient (Wildman–Crippen LogP) is 2.33. The molecule has 2 heterocycles. The lowest BCUT2D eigenvalue weighted by molar-refractivity contribution is -0.133. The number of ether oxygens (including phenoxy) is 1. The third-order valence-corrected chi connectivity index (χ3v) is 5.86. The molecular formula is C23H27N3O4. The second kappa shape index (κ2) is 8.73. The number of hydrogen-bond donors (Lipinski definition) is 1. The molecule has 1 unspecified atom stereocenters. The van der Waals surface area contributed by atoms with Crippen molar-refractivity contribution in [3.8, 4) is 0 Å². The summed E-state index contributed by atoms with van der Waals surface area (Å²) in [6.45, 7) is 3.67. The molecule has 2 fully saturated rings. The third-order valence-electron chi connectivity index (χ3n) is 5.86. The van der Waals surface area contributed by atoms with E-state index in [9.17, 15) is 14.4 Å². The number of nitrogens with one attached hydrogen (secondary N) is 1. The van der Waals surface area contributed by atoms with Crippen LogP contribution in [0.5, 0.6) is 0 Å². The molecule has 7 heteroatoms. The summed E-state index contributed by atoms with van der Waals surface area (Å²) in [5.74, 6) is -0.250. The Balaban J connectivity index is 1.22. The van der Waals surface area contributed by atoms with E-state index < -0.39 is 0 Å². The molecule has 30 heavy (non-hydrogen) atoms. The summed E-state index contributed by atoms with van der Waals surface area (Å²) in [6.07, 6.45) is 1.38. The standard InChI is InChI=1S/C23H27N3O4/c1-16-15-26(23(29)30-16)20-8-10-25(11-9-20)22(28)14-24-21(27)13-17-6-7-18-4-2-3-5-19(18)12-17/h2-7,12,16,20H,8-11,13-15H2,1H3,(H,24,27). The molecule has 2 saturated heterocycles. The van der Waals surface area contributed by atoms with Crippen LogP contribution in [0.4, 0.5) is 4.79 Å². The minimum absolute atomic E-state index is 0.000128. The number of piperidine rings is 1. The van der Waals surface area contributed by atoms with Crippen LogP contribution in [0.25, 0.3) is 10.8 Å². The van der Waals surface area contributed by atoms with E-state index >= 15 is 0 Å². The van der Waals surface area contributed by atoms with Gasteiger partial charge in [0.05, 0.1) is 19.5 Å². The first-order chi connectivity index (χ1) is 14.5. The van der Waals surface area contributed by atoms with Crippen LogP contribution in [0.2, 0.25) is 0 Å². The highest BCUT2D eigenvalue weighted by molar-refractivity contribution is 5.88. The van der Waals surface area contributed by atoms with Gasteiger partial charge >= 0.3 is 6.09 Å². The van der Waals surface area contributed by atoms with E-state index in [-0.39, 0.29) is 43.0 Å². The number of fused-ring (bicyclic) bond motifs is 1. The Morgan fingerprint density at radius 3 is 2.53 bits per heavy atom. The van der Waals surface area contributed by atoms with Gasteiger partial charge < -0.3 is 19.9 Å². The van der Waals surface area contributed by atoms with Crippen molar-refractivity contribution < 1.29 is 19.1 Å². The highest BCUT2D eigenvalue weighted by Crippen LogP contribution is 2.22. The van der Waals surface area contributed by atoms with Gasteiger partial charge in [0.2, 0.25) is 11.8 Å². The maximum absolute atomic E-state index is 12.5. The van der Waals surface area contributed by atoms with Crippen molar-refractivity contribution in [2.24, 2.45) is 0 Å². The first-order valence-corrected chi connectivity index (χ1v) is 10.5. The molecule has 1 atom stereocenters. The largest absolute Gasteiger partial charge is 0.444 e. The molecule has 0 radical (unpaired) electrons. The van der Waals surface area contributed by atoms with Crippen molar-refractivity contribution in [3.05, 3.63) is 48.0 Å². The lowest BCUT2D eigenvalue weighted by atomic mass is 10.0. The number of carbonyl (C=O) groups is 3. The summed E-state index contributed by atoms with van der Waals surface area (Å²) in [7, 11) is 0. The number of rotatable bonds is 5. The maximum atomic E-state index is 12.5. The molecule has 2 aliphatic rings. The Morgan fingerprint density at radius 2 is 1.83 bits per heavy atom. The topological polar surface area (TPSA) is 79.0 Å². The monoisotopic (exact) mass is 409 g/mol. The van der Waals surface area contributed by atoms with Crippen LogP contribution in [0.1, 0.15) is 25.3 Å². The van der Waals surface area contributed by atoms with Gasteiger partial charge in [0.25, 0.3) is 0 Å². The Kier molecular flexibility index (Phi) is 5.88. The second-order valence-electron chi connectivity index (χ2n) is 8.09. The van der Waals surface area contributed by atoms with Crippen molar-refractivity contribution >= 4 is 28.7 Å². The Hall–Kier alpha value is -3.09. The van der Waals surface area contributed by atoms with Gasteiger partial charge in [-0.05, 0) is 36.1 Å². The summed E-state index contributed by atoms with van der Waals surface area (Å²) < 4.78 is 5.20. The van der Waals surface area contributed by atoms with Gasteiger partial charge in [-0.2, -0.15) is 0 Å². The number of likely N-dealkylation sites (tertiary alicyclic amines) is 1. The molecule has 3 amide bonds. The van der Waals surface area contributed by atoms with E-state index in [1.54, 1.807) is 9.80 Å². The first kappa shape index (κ1) is 20.2. The summed E-state index contributed by atoms with van der Waals surface area (Å²) in [4.78, 5) is 40.2. The fraction of sp³-hybridized carbons (Fsp3) is 0.435. The second-order valence-corrected chi connectivity index (χ2v) is 8.09. The number of amides is 3. The first-order valence-electron chi connectivity index (χ1n) is 10.5. The SMILES string of the molecule is CC1CN(C2CCN(C(=O)CNC(=O)Cc3ccc4ccccc4c3)CC2)C(=O)O1.